The molecule has 2 aliphatic heterocycles. The zero-order chi connectivity index (χ0) is 25.3. The summed E-state index contributed by atoms with van der Waals surface area (Å²) >= 11 is 0. The molecule has 2 aliphatic rings. The lowest BCUT2D eigenvalue weighted by atomic mass is 10.1. The summed E-state index contributed by atoms with van der Waals surface area (Å²) in [7, 11) is 3.08. The number of likely N-dealkylation sites (N-methyl/N-ethyl adjacent to an activating group) is 2. The molecule has 3 atom stereocenters. The number of fused-ring (bicyclic) bond motifs is 1. The highest BCUT2D eigenvalue weighted by atomic mass is 19.1. The van der Waals surface area contributed by atoms with Gasteiger partial charge >= 0.3 is 6.09 Å². The van der Waals surface area contributed by atoms with Gasteiger partial charge in [0.05, 0.1) is 24.3 Å². The first-order valence-corrected chi connectivity index (χ1v) is 11.1. The van der Waals surface area contributed by atoms with Gasteiger partial charge in [0.15, 0.2) is 17.9 Å². The average Bonchev–Trinajstić information content (AvgIpc) is 3.34. The first-order chi connectivity index (χ1) is 16.7. The first-order valence-electron chi connectivity index (χ1n) is 11.1. The number of carbonyl (C=O) groups excluding carboxylic acids is 3. The van der Waals surface area contributed by atoms with Crippen molar-refractivity contribution >= 4 is 29.7 Å². The van der Waals surface area contributed by atoms with E-state index in [1.54, 1.807) is 19.2 Å². The standard InChI is InChI=1S/C24H26F2N4O5/c1-28(23(33)17-6-4-3-5-14(17)13-31)10-16(32)9-27-15-7-18(25)22(19(26)8-15)30-11-20-21(12-30)35-24(34)29(20)2/h3-8,13,16,20-21,27,32H,9-12H2,1-2H3. The molecule has 0 bridgehead atoms. The maximum absolute atomic E-state index is 14.8. The Morgan fingerprint density at radius 3 is 2.63 bits per heavy atom. The van der Waals surface area contributed by atoms with Gasteiger partial charge in [-0.15, -0.1) is 0 Å². The van der Waals surface area contributed by atoms with Gasteiger partial charge in [0.25, 0.3) is 5.91 Å². The van der Waals surface area contributed by atoms with Crippen LogP contribution in [0.2, 0.25) is 0 Å². The van der Waals surface area contributed by atoms with Crippen LogP contribution >= 0.6 is 0 Å². The third kappa shape index (κ3) is 4.90. The number of nitrogens with zero attached hydrogens (tertiary/aromatic N) is 3. The summed E-state index contributed by atoms with van der Waals surface area (Å²) < 4.78 is 34.9. The second-order valence-electron chi connectivity index (χ2n) is 8.72. The number of nitrogens with one attached hydrogen (secondary N) is 1. The summed E-state index contributed by atoms with van der Waals surface area (Å²) in [5.41, 5.74) is 0.395. The molecule has 2 saturated heterocycles. The topological polar surface area (TPSA) is 102 Å². The molecule has 0 aromatic heterocycles. The van der Waals surface area contributed by atoms with Gasteiger partial charge in [-0.05, 0) is 18.2 Å². The minimum atomic E-state index is -1.04. The Kier molecular flexibility index (Phi) is 6.88. The minimum absolute atomic E-state index is 0.0646. The number of aliphatic hydroxyl groups is 1. The van der Waals surface area contributed by atoms with E-state index in [0.29, 0.717) is 6.29 Å². The number of ether oxygens (including phenoxy) is 1. The summed E-state index contributed by atoms with van der Waals surface area (Å²) in [4.78, 5) is 39.6. The van der Waals surface area contributed by atoms with Gasteiger partial charge < -0.3 is 29.9 Å². The predicted molar refractivity (Wildman–Crippen MR) is 124 cm³/mol. The molecule has 9 nitrogen and oxygen atoms in total. The highest BCUT2D eigenvalue weighted by molar-refractivity contribution is 6.01. The van der Waals surface area contributed by atoms with E-state index in [-0.39, 0.29) is 54.7 Å². The van der Waals surface area contributed by atoms with E-state index in [9.17, 15) is 28.3 Å². The van der Waals surface area contributed by atoms with E-state index in [4.69, 9.17) is 4.74 Å². The Bertz CT molecular complexity index is 1120. The highest BCUT2D eigenvalue weighted by Crippen LogP contribution is 2.34. The molecule has 0 aliphatic carbocycles. The van der Waals surface area contributed by atoms with E-state index in [1.165, 1.54) is 33.9 Å². The molecule has 2 aromatic rings. The molecule has 186 valence electrons. The maximum Gasteiger partial charge on any atom is 0.410 e. The van der Waals surface area contributed by atoms with Gasteiger partial charge in [-0.2, -0.15) is 0 Å². The zero-order valence-corrected chi connectivity index (χ0v) is 19.3. The van der Waals surface area contributed by atoms with Crippen molar-refractivity contribution in [2.45, 2.75) is 18.2 Å². The molecule has 3 unspecified atom stereocenters. The van der Waals surface area contributed by atoms with E-state index in [0.717, 1.165) is 12.1 Å². The third-order valence-corrected chi connectivity index (χ3v) is 6.30. The van der Waals surface area contributed by atoms with Crippen LogP contribution in [-0.4, -0.2) is 91.7 Å². The van der Waals surface area contributed by atoms with Crippen LogP contribution in [0.1, 0.15) is 20.7 Å². The van der Waals surface area contributed by atoms with Crippen LogP contribution in [0.5, 0.6) is 0 Å². The minimum Gasteiger partial charge on any atom is -0.442 e. The lowest BCUT2D eigenvalue weighted by Gasteiger charge is -2.24. The second kappa shape index (κ2) is 9.87. The van der Waals surface area contributed by atoms with Crippen molar-refractivity contribution in [3.63, 3.8) is 0 Å². The monoisotopic (exact) mass is 488 g/mol. The molecule has 2 N–H and O–H groups in total. The Morgan fingerprint density at radius 1 is 1.29 bits per heavy atom. The SMILES string of the molecule is CN(CC(O)CNc1cc(F)c(N2CC3OC(=O)N(C)C3C2)c(F)c1)C(=O)c1ccccc1C=O. The quantitative estimate of drug-likeness (QED) is 0.548. The summed E-state index contributed by atoms with van der Waals surface area (Å²) in [5, 5.41) is 13.1. The van der Waals surface area contributed by atoms with Crippen molar-refractivity contribution in [1.82, 2.24) is 9.80 Å². The number of carbonyl (C=O) groups is 3. The summed E-state index contributed by atoms with van der Waals surface area (Å²) in [6.45, 7) is 0.304. The summed E-state index contributed by atoms with van der Waals surface area (Å²) in [5.74, 6) is -2.00. The van der Waals surface area contributed by atoms with Crippen LogP contribution in [0.15, 0.2) is 36.4 Å². The molecule has 2 fully saturated rings. The summed E-state index contributed by atoms with van der Waals surface area (Å²) in [6.07, 6.45) is -1.34. The molecular weight excluding hydrogens is 462 g/mol. The fraction of sp³-hybridized carbons (Fsp3) is 0.375. The average molecular weight is 488 g/mol. The molecule has 2 aromatic carbocycles. The number of amides is 2. The number of benzene rings is 2. The van der Waals surface area contributed by atoms with Crippen molar-refractivity contribution in [3.8, 4) is 0 Å². The lowest BCUT2D eigenvalue weighted by Crippen LogP contribution is -2.37. The van der Waals surface area contributed by atoms with Gasteiger partial charge in [0, 0.05) is 45.0 Å². The van der Waals surface area contributed by atoms with Crippen molar-refractivity contribution < 1.29 is 33.0 Å². The van der Waals surface area contributed by atoms with Gasteiger partial charge in [-0.25, -0.2) is 13.6 Å². The van der Waals surface area contributed by atoms with Crippen molar-refractivity contribution in [3.05, 3.63) is 59.2 Å². The first kappa shape index (κ1) is 24.4. The van der Waals surface area contributed by atoms with Gasteiger partial charge in [-0.1, -0.05) is 18.2 Å². The fourth-order valence-electron chi connectivity index (χ4n) is 4.44. The molecule has 0 radical (unpaired) electrons. The number of hydrogen-bond acceptors (Lipinski definition) is 7. The normalized spacial score (nSPS) is 19.9. The zero-order valence-electron chi connectivity index (χ0n) is 19.3. The van der Waals surface area contributed by atoms with Crippen LogP contribution in [0.4, 0.5) is 25.0 Å². The third-order valence-electron chi connectivity index (χ3n) is 6.30. The number of aliphatic hydroxyl groups excluding tert-OH is 1. The molecule has 0 saturated carbocycles. The van der Waals surface area contributed by atoms with Crippen LogP contribution in [0.3, 0.4) is 0 Å². The predicted octanol–water partition coefficient (Wildman–Crippen LogP) is 1.96. The highest BCUT2D eigenvalue weighted by Gasteiger charge is 2.46. The number of anilines is 2. The molecule has 2 amide bonds. The number of aldehydes is 1. The van der Waals surface area contributed by atoms with E-state index < -0.39 is 35.8 Å². The Morgan fingerprint density at radius 2 is 1.97 bits per heavy atom. The molecular formula is C24H26F2N4O5. The number of halogens is 2. The maximum atomic E-state index is 14.8. The molecule has 2 heterocycles. The molecule has 0 spiro atoms. The van der Waals surface area contributed by atoms with Crippen molar-refractivity contribution in [1.29, 1.82) is 0 Å². The number of rotatable bonds is 8. The van der Waals surface area contributed by atoms with Gasteiger partial charge in [0.1, 0.15) is 11.8 Å². The lowest BCUT2D eigenvalue weighted by molar-refractivity contribution is 0.0695. The Hall–Kier alpha value is -3.73. The number of hydrogen-bond donors (Lipinski definition) is 2. The largest absolute Gasteiger partial charge is 0.442 e. The van der Waals surface area contributed by atoms with Crippen LogP contribution in [-0.2, 0) is 4.74 Å². The van der Waals surface area contributed by atoms with Crippen molar-refractivity contribution in [2.75, 3.05) is 50.5 Å². The molecule has 4 rings (SSSR count). The molecule has 35 heavy (non-hydrogen) atoms. The van der Waals surface area contributed by atoms with Crippen LogP contribution in [0.25, 0.3) is 0 Å². The molecule has 11 heteroatoms. The van der Waals surface area contributed by atoms with E-state index in [2.05, 4.69) is 5.32 Å². The smallest absolute Gasteiger partial charge is 0.410 e. The van der Waals surface area contributed by atoms with Crippen LogP contribution in [0, 0.1) is 11.6 Å². The van der Waals surface area contributed by atoms with Gasteiger partial charge in [0.2, 0.25) is 0 Å². The second-order valence-corrected chi connectivity index (χ2v) is 8.72. The van der Waals surface area contributed by atoms with E-state index >= 15 is 0 Å². The van der Waals surface area contributed by atoms with Gasteiger partial charge in [-0.3, -0.25) is 9.59 Å². The van der Waals surface area contributed by atoms with Crippen LogP contribution < -0.4 is 10.2 Å². The fourth-order valence-corrected chi connectivity index (χ4v) is 4.44. The Labute approximate surface area is 200 Å². The van der Waals surface area contributed by atoms with E-state index in [1.807, 2.05) is 0 Å². The Balaban J connectivity index is 1.35. The summed E-state index contributed by atoms with van der Waals surface area (Å²) in [6, 6.07) is 8.32. The van der Waals surface area contributed by atoms with Crippen molar-refractivity contribution in [2.24, 2.45) is 0 Å².